The van der Waals surface area contributed by atoms with E-state index in [1.54, 1.807) is 0 Å². The van der Waals surface area contributed by atoms with Crippen molar-refractivity contribution in [1.29, 1.82) is 0 Å². The minimum absolute atomic E-state index is 0.0178. The van der Waals surface area contributed by atoms with Gasteiger partial charge >= 0.3 is 5.97 Å². The number of rotatable bonds is 16. The molecule has 3 rings (SSSR count). The van der Waals surface area contributed by atoms with Gasteiger partial charge in [-0.2, -0.15) is 0 Å². The lowest BCUT2D eigenvalue weighted by atomic mass is 9.99. The number of aliphatic hydroxyl groups is 5. The summed E-state index contributed by atoms with van der Waals surface area (Å²) in [4.78, 5) is 51.6. The molecule has 0 radical (unpaired) electrons. The van der Waals surface area contributed by atoms with Gasteiger partial charge in [0.15, 0.2) is 12.6 Å². The molecule has 3 amide bonds. The van der Waals surface area contributed by atoms with Crippen LogP contribution in [0.5, 0.6) is 0 Å². The van der Waals surface area contributed by atoms with E-state index >= 15 is 0 Å². The molecule has 0 saturated carbocycles. The molecule has 3 saturated heterocycles. The zero-order chi connectivity index (χ0) is 31.5. The van der Waals surface area contributed by atoms with Crippen molar-refractivity contribution in [2.24, 2.45) is 0 Å². The van der Waals surface area contributed by atoms with Crippen molar-refractivity contribution in [2.75, 3.05) is 33.5 Å². The zero-order valence-electron chi connectivity index (χ0n) is 23.9. The number of ether oxygens (including phenoxy) is 5. The Morgan fingerprint density at radius 2 is 1.63 bits per heavy atom. The highest BCUT2D eigenvalue weighted by molar-refractivity contribution is 6.01. The van der Waals surface area contributed by atoms with Crippen LogP contribution in [0.1, 0.15) is 51.4 Å². The van der Waals surface area contributed by atoms with Crippen LogP contribution in [0.2, 0.25) is 0 Å². The Morgan fingerprint density at radius 3 is 2.30 bits per heavy atom. The highest BCUT2D eigenvalue weighted by Gasteiger charge is 2.45. The molecule has 3 aliphatic rings. The van der Waals surface area contributed by atoms with Gasteiger partial charge in [-0.25, -0.2) is 4.79 Å². The standard InChI is InChI=1S/C26H42N2O15/c1-38-24-15(30)11-14(13-40-25-23(37)22(36)21(35)16(12-29)42-25)41-26(24)39-10-4-9-27-17(31)5-2-3-6-20(34)43-28-18(32)7-8-19(28)33/h14-16,21-26,29-30,35-37H,2-13H2,1H3,(H,27,31)/t14?,15?,16?,21-,22?,23?,24?,25+,26?/m1/s1. The van der Waals surface area contributed by atoms with Crippen LogP contribution >= 0.6 is 0 Å². The second-order valence-corrected chi connectivity index (χ2v) is 10.5. The smallest absolute Gasteiger partial charge is 0.333 e. The van der Waals surface area contributed by atoms with Gasteiger partial charge in [0.2, 0.25) is 5.91 Å². The van der Waals surface area contributed by atoms with Crippen LogP contribution in [-0.2, 0) is 47.7 Å². The summed E-state index contributed by atoms with van der Waals surface area (Å²) in [6.07, 6.45) is -9.19. The number of carbonyl (C=O) groups is 4. The summed E-state index contributed by atoms with van der Waals surface area (Å²) in [5, 5.41) is 53.0. The average molecular weight is 623 g/mol. The second-order valence-electron chi connectivity index (χ2n) is 10.5. The Bertz CT molecular complexity index is 920. The number of nitrogens with one attached hydrogen (secondary N) is 1. The highest BCUT2D eigenvalue weighted by Crippen LogP contribution is 2.26. The molecule has 0 aliphatic carbocycles. The van der Waals surface area contributed by atoms with Crippen molar-refractivity contribution >= 4 is 23.7 Å². The summed E-state index contributed by atoms with van der Waals surface area (Å²) >= 11 is 0. The number of hydrogen-bond acceptors (Lipinski definition) is 15. The molecule has 0 spiro atoms. The molecule has 17 nitrogen and oxygen atoms in total. The van der Waals surface area contributed by atoms with Crippen LogP contribution in [0.4, 0.5) is 0 Å². The third-order valence-corrected chi connectivity index (χ3v) is 7.20. The minimum Gasteiger partial charge on any atom is -0.394 e. The van der Waals surface area contributed by atoms with E-state index in [0.29, 0.717) is 24.3 Å². The predicted molar refractivity (Wildman–Crippen MR) is 139 cm³/mol. The fourth-order valence-corrected chi connectivity index (χ4v) is 4.77. The number of aliphatic hydroxyl groups excluding tert-OH is 5. The maximum absolute atomic E-state index is 12.1. The number of carbonyl (C=O) groups excluding carboxylic acids is 4. The Labute approximate surface area is 247 Å². The number of hydroxylamine groups is 2. The van der Waals surface area contributed by atoms with Gasteiger partial charge in [0.05, 0.1) is 32.0 Å². The van der Waals surface area contributed by atoms with Crippen LogP contribution in [0.15, 0.2) is 0 Å². The van der Waals surface area contributed by atoms with Crippen LogP contribution < -0.4 is 5.32 Å². The van der Waals surface area contributed by atoms with E-state index in [9.17, 15) is 44.7 Å². The summed E-state index contributed by atoms with van der Waals surface area (Å²) in [5.41, 5.74) is 0. The van der Waals surface area contributed by atoms with Gasteiger partial charge in [0.1, 0.15) is 30.5 Å². The lowest BCUT2D eigenvalue weighted by molar-refractivity contribution is -0.319. The van der Waals surface area contributed by atoms with E-state index in [1.165, 1.54) is 7.11 Å². The van der Waals surface area contributed by atoms with Crippen LogP contribution in [0.25, 0.3) is 0 Å². The van der Waals surface area contributed by atoms with Crippen LogP contribution in [-0.4, -0.2) is 143 Å². The number of amides is 3. The van der Waals surface area contributed by atoms with Crippen LogP contribution in [0, 0.1) is 0 Å². The SMILES string of the molecule is COC1C(O)CC(CO[C@H]2OC(CO)[C@@H](O)C(O)C2O)OC1OCCCNC(=O)CCCCC(=O)ON1C(=O)CCC1=O. The van der Waals surface area contributed by atoms with Gasteiger partial charge in [-0.1, -0.05) is 0 Å². The Morgan fingerprint density at radius 1 is 0.930 bits per heavy atom. The number of nitrogens with zero attached hydrogens (tertiary/aromatic N) is 1. The first-order valence-electron chi connectivity index (χ1n) is 14.3. The largest absolute Gasteiger partial charge is 0.394 e. The lowest BCUT2D eigenvalue weighted by Crippen LogP contribution is -2.59. The first-order valence-corrected chi connectivity index (χ1v) is 14.3. The lowest BCUT2D eigenvalue weighted by Gasteiger charge is -2.41. The first kappa shape index (κ1) is 35.2. The molecule has 7 unspecified atom stereocenters. The third kappa shape index (κ3) is 10.1. The van der Waals surface area contributed by atoms with Gasteiger partial charge < -0.3 is 59.4 Å². The van der Waals surface area contributed by atoms with Crippen molar-refractivity contribution in [3.63, 3.8) is 0 Å². The fourth-order valence-electron chi connectivity index (χ4n) is 4.77. The van der Waals surface area contributed by atoms with Gasteiger partial charge in [0.25, 0.3) is 11.8 Å². The molecule has 9 atom stereocenters. The van der Waals surface area contributed by atoms with Gasteiger partial charge in [-0.15, -0.1) is 5.06 Å². The van der Waals surface area contributed by atoms with Gasteiger partial charge in [-0.05, 0) is 19.3 Å². The first-order chi connectivity index (χ1) is 20.5. The third-order valence-electron chi connectivity index (χ3n) is 7.20. The van der Waals surface area contributed by atoms with E-state index < -0.39 is 79.7 Å². The number of hydrogen-bond donors (Lipinski definition) is 6. The molecule has 3 aliphatic heterocycles. The summed E-state index contributed by atoms with van der Waals surface area (Å²) in [5.74, 6) is -2.05. The summed E-state index contributed by atoms with van der Waals surface area (Å²) in [7, 11) is 1.39. The monoisotopic (exact) mass is 622 g/mol. The molecule has 0 bridgehead atoms. The van der Waals surface area contributed by atoms with Crippen LogP contribution in [0.3, 0.4) is 0 Å². The highest BCUT2D eigenvalue weighted by atomic mass is 16.7. The minimum atomic E-state index is -1.59. The summed E-state index contributed by atoms with van der Waals surface area (Å²) in [6, 6.07) is 0. The molecule has 17 heteroatoms. The average Bonchev–Trinajstić information content (AvgIpc) is 3.29. The van der Waals surface area contributed by atoms with Crippen molar-refractivity contribution in [3.05, 3.63) is 0 Å². The molecular weight excluding hydrogens is 580 g/mol. The number of unbranched alkanes of at least 4 members (excludes halogenated alkanes) is 1. The molecular formula is C26H42N2O15. The molecule has 43 heavy (non-hydrogen) atoms. The molecule has 0 aromatic heterocycles. The Kier molecular flexibility index (Phi) is 14.1. The maximum atomic E-state index is 12.1. The number of imide groups is 1. The Hall–Kier alpha value is -2.32. The summed E-state index contributed by atoms with van der Waals surface area (Å²) < 4.78 is 27.7. The van der Waals surface area contributed by atoms with Crippen molar-refractivity contribution in [2.45, 2.75) is 107 Å². The molecule has 3 fully saturated rings. The summed E-state index contributed by atoms with van der Waals surface area (Å²) in [6.45, 7) is -0.328. The normalized spacial score (nSPS) is 33.1. The van der Waals surface area contributed by atoms with E-state index in [4.69, 9.17) is 28.5 Å². The topological polar surface area (TPSA) is 240 Å². The van der Waals surface area contributed by atoms with E-state index in [1.807, 2.05) is 0 Å². The Balaban J connectivity index is 1.30. The van der Waals surface area contributed by atoms with E-state index in [2.05, 4.69) is 5.32 Å². The van der Waals surface area contributed by atoms with E-state index in [0.717, 1.165) is 0 Å². The fraction of sp³-hybridized carbons (Fsp3) is 0.846. The van der Waals surface area contributed by atoms with Crippen molar-refractivity contribution in [1.82, 2.24) is 10.4 Å². The van der Waals surface area contributed by atoms with Gasteiger partial charge in [-0.3, -0.25) is 14.4 Å². The predicted octanol–water partition coefficient (Wildman–Crippen LogP) is -3.02. The van der Waals surface area contributed by atoms with E-state index in [-0.39, 0.29) is 57.8 Å². The molecule has 246 valence electrons. The zero-order valence-corrected chi connectivity index (χ0v) is 23.9. The quantitative estimate of drug-likeness (QED) is 0.0742. The molecule has 6 N–H and O–H groups in total. The van der Waals surface area contributed by atoms with Crippen molar-refractivity contribution in [3.8, 4) is 0 Å². The number of methoxy groups -OCH3 is 1. The second kappa shape index (κ2) is 17.2. The van der Waals surface area contributed by atoms with Crippen molar-refractivity contribution < 1.29 is 73.2 Å². The molecule has 3 heterocycles. The molecule has 0 aromatic rings. The maximum Gasteiger partial charge on any atom is 0.333 e. The van der Waals surface area contributed by atoms with Gasteiger partial charge in [0, 0.05) is 45.8 Å². The molecule has 0 aromatic carbocycles.